The van der Waals surface area contributed by atoms with Crippen LogP contribution in [0.4, 0.5) is 13.2 Å². The van der Waals surface area contributed by atoms with Gasteiger partial charge in [-0.05, 0) is 18.6 Å². The van der Waals surface area contributed by atoms with Crippen LogP contribution in [0.3, 0.4) is 0 Å². The molecule has 122 valence electrons. The van der Waals surface area contributed by atoms with Crippen LogP contribution in [0.25, 0.3) is 0 Å². The van der Waals surface area contributed by atoms with E-state index >= 15 is 0 Å². The highest BCUT2D eigenvalue weighted by Gasteiger charge is 2.31. The number of nitrogens with zero attached hydrogens (tertiary/aromatic N) is 1. The Morgan fingerprint density at radius 3 is 2.77 bits per heavy atom. The van der Waals surface area contributed by atoms with Gasteiger partial charge in [0.15, 0.2) is 9.84 Å². The normalized spacial score (nSPS) is 20.8. The van der Waals surface area contributed by atoms with Crippen molar-refractivity contribution in [1.29, 1.82) is 0 Å². The van der Waals surface area contributed by atoms with Gasteiger partial charge in [0.2, 0.25) is 0 Å². The Labute approximate surface area is 129 Å². The molecule has 1 aliphatic rings. The second kappa shape index (κ2) is 6.45. The van der Waals surface area contributed by atoms with Gasteiger partial charge in [0.1, 0.15) is 5.03 Å². The molecule has 0 saturated carbocycles. The second-order valence-electron chi connectivity index (χ2n) is 4.83. The molecule has 1 fully saturated rings. The maximum Gasteiger partial charge on any atom is 0.398 e. The molecule has 1 amide bonds. The van der Waals surface area contributed by atoms with Gasteiger partial charge in [0, 0.05) is 12.2 Å². The van der Waals surface area contributed by atoms with E-state index in [0.717, 1.165) is 0 Å². The molecule has 1 unspecified atom stereocenters. The van der Waals surface area contributed by atoms with E-state index in [-0.39, 0.29) is 22.1 Å². The Balaban J connectivity index is 2.06. The number of carbonyl (C=O) groups is 1. The number of thioether (sulfide) groups is 1. The van der Waals surface area contributed by atoms with Gasteiger partial charge in [-0.25, -0.2) is 13.4 Å². The number of rotatable bonds is 4. The van der Waals surface area contributed by atoms with Crippen molar-refractivity contribution in [3.63, 3.8) is 0 Å². The van der Waals surface area contributed by atoms with Crippen molar-refractivity contribution >= 4 is 27.5 Å². The molecule has 1 atom stereocenters. The minimum absolute atomic E-state index is 0.000662. The van der Waals surface area contributed by atoms with E-state index in [4.69, 9.17) is 0 Å². The molecule has 0 radical (unpaired) electrons. The first-order valence-corrected chi connectivity index (χ1v) is 9.13. The van der Waals surface area contributed by atoms with Crippen molar-refractivity contribution in [3.05, 3.63) is 23.9 Å². The van der Waals surface area contributed by atoms with Crippen LogP contribution in [0.15, 0.2) is 23.4 Å². The summed E-state index contributed by atoms with van der Waals surface area (Å²) in [6, 6.07) is 2.29. The standard InChI is InChI=1S/C12H13F3N2O3S2/c13-12(14,15)7-21-11-9(2-1-4-16-11)10(18)17-8-3-5-22(19,20)6-8/h1-2,4,8H,3,5-7H2,(H,17,18). The number of alkyl halides is 3. The zero-order valence-corrected chi connectivity index (χ0v) is 12.9. The number of amides is 1. The largest absolute Gasteiger partial charge is 0.398 e. The summed E-state index contributed by atoms with van der Waals surface area (Å²) in [6.07, 6.45) is -2.76. The molecular weight excluding hydrogens is 341 g/mol. The van der Waals surface area contributed by atoms with Gasteiger partial charge in [-0.1, -0.05) is 11.8 Å². The Morgan fingerprint density at radius 2 is 2.18 bits per heavy atom. The number of aromatic nitrogens is 1. The summed E-state index contributed by atoms with van der Waals surface area (Å²) in [4.78, 5) is 15.9. The van der Waals surface area contributed by atoms with Crippen molar-refractivity contribution in [2.24, 2.45) is 0 Å². The van der Waals surface area contributed by atoms with Crippen molar-refractivity contribution in [3.8, 4) is 0 Å². The van der Waals surface area contributed by atoms with Crippen LogP contribution in [0, 0.1) is 0 Å². The molecule has 5 nitrogen and oxygen atoms in total. The minimum atomic E-state index is -4.37. The molecule has 1 aliphatic heterocycles. The first-order chi connectivity index (χ1) is 10.2. The third-order valence-electron chi connectivity index (χ3n) is 2.96. The summed E-state index contributed by atoms with van der Waals surface area (Å²) in [5, 5.41) is 2.51. The smallest absolute Gasteiger partial charge is 0.348 e. The Bertz CT molecular complexity index is 662. The third-order valence-corrected chi connectivity index (χ3v) is 5.79. The molecule has 1 N–H and O–H groups in total. The fraction of sp³-hybridized carbons (Fsp3) is 0.500. The van der Waals surface area contributed by atoms with Gasteiger partial charge in [-0.15, -0.1) is 0 Å². The van der Waals surface area contributed by atoms with Gasteiger partial charge in [0.25, 0.3) is 5.91 Å². The summed E-state index contributed by atoms with van der Waals surface area (Å²) in [5.74, 6) is -1.91. The van der Waals surface area contributed by atoms with Crippen LogP contribution < -0.4 is 5.32 Å². The van der Waals surface area contributed by atoms with E-state index < -0.39 is 33.7 Å². The number of pyridine rings is 1. The van der Waals surface area contributed by atoms with Crippen molar-refractivity contribution in [2.45, 2.75) is 23.7 Å². The Morgan fingerprint density at radius 1 is 1.45 bits per heavy atom. The lowest BCUT2D eigenvalue weighted by Crippen LogP contribution is -2.36. The lowest BCUT2D eigenvalue weighted by molar-refractivity contribution is -0.105. The van der Waals surface area contributed by atoms with Gasteiger partial charge in [-0.3, -0.25) is 4.79 Å². The summed E-state index contributed by atoms with van der Waals surface area (Å²) in [7, 11) is -3.15. The molecule has 2 rings (SSSR count). The molecule has 2 heterocycles. The number of carbonyl (C=O) groups excluding carboxylic acids is 1. The van der Waals surface area contributed by atoms with Gasteiger partial charge < -0.3 is 5.32 Å². The topological polar surface area (TPSA) is 76.1 Å². The number of sulfone groups is 1. The summed E-state index contributed by atoms with van der Waals surface area (Å²) in [6.45, 7) is 0. The van der Waals surface area contributed by atoms with Crippen LogP contribution in [-0.2, 0) is 9.84 Å². The van der Waals surface area contributed by atoms with Crippen LogP contribution >= 0.6 is 11.8 Å². The van der Waals surface area contributed by atoms with E-state index in [1.54, 1.807) is 0 Å². The average Bonchev–Trinajstić information content (AvgIpc) is 2.75. The molecule has 0 aromatic carbocycles. The van der Waals surface area contributed by atoms with Crippen molar-refractivity contribution < 1.29 is 26.4 Å². The second-order valence-corrected chi connectivity index (χ2v) is 8.03. The summed E-state index contributed by atoms with van der Waals surface area (Å²) >= 11 is 0.425. The van der Waals surface area contributed by atoms with E-state index in [2.05, 4.69) is 10.3 Å². The van der Waals surface area contributed by atoms with Gasteiger partial charge in [0.05, 0.1) is 22.8 Å². The number of nitrogens with one attached hydrogen (secondary N) is 1. The lowest BCUT2D eigenvalue weighted by Gasteiger charge is -2.13. The molecular formula is C12H13F3N2O3S2. The van der Waals surface area contributed by atoms with E-state index in [0.29, 0.717) is 18.2 Å². The number of hydrogen-bond acceptors (Lipinski definition) is 5. The molecule has 10 heteroatoms. The Kier molecular flexibility index (Phi) is 5.00. The summed E-state index contributed by atoms with van der Waals surface area (Å²) in [5.41, 5.74) is 0.0149. The molecule has 0 spiro atoms. The zero-order valence-electron chi connectivity index (χ0n) is 11.3. The van der Waals surface area contributed by atoms with Crippen LogP contribution in [0.2, 0.25) is 0 Å². The van der Waals surface area contributed by atoms with Crippen molar-refractivity contribution in [1.82, 2.24) is 10.3 Å². The minimum Gasteiger partial charge on any atom is -0.348 e. The molecule has 1 saturated heterocycles. The predicted molar refractivity (Wildman–Crippen MR) is 75.5 cm³/mol. The number of hydrogen-bond donors (Lipinski definition) is 1. The maximum atomic E-state index is 12.3. The highest BCUT2D eigenvalue weighted by Crippen LogP contribution is 2.28. The quantitative estimate of drug-likeness (QED) is 0.832. The fourth-order valence-electron chi connectivity index (χ4n) is 2.00. The van der Waals surface area contributed by atoms with Gasteiger partial charge in [-0.2, -0.15) is 13.2 Å². The first-order valence-electron chi connectivity index (χ1n) is 6.32. The third kappa shape index (κ3) is 4.87. The molecule has 1 aromatic heterocycles. The molecule has 1 aromatic rings. The SMILES string of the molecule is O=C(NC1CCS(=O)(=O)C1)c1cccnc1SCC(F)(F)F. The van der Waals surface area contributed by atoms with Crippen LogP contribution in [0.5, 0.6) is 0 Å². The van der Waals surface area contributed by atoms with Crippen LogP contribution in [-0.4, -0.2) is 48.8 Å². The molecule has 0 bridgehead atoms. The first kappa shape index (κ1) is 17.1. The molecule has 0 aliphatic carbocycles. The average molecular weight is 354 g/mol. The highest BCUT2D eigenvalue weighted by atomic mass is 32.2. The monoisotopic (exact) mass is 354 g/mol. The van der Waals surface area contributed by atoms with E-state index in [1.807, 2.05) is 0 Å². The maximum absolute atomic E-state index is 12.3. The van der Waals surface area contributed by atoms with Crippen molar-refractivity contribution in [2.75, 3.05) is 17.3 Å². The lowest BCUT2D eigenvalue weighted by atomic mass is 10.2. The predicted octanol–water partition coefficient (Wildman–Crippen LogP) is 1.65. The Hall–Kier alpha value is -1.29. The van der Waals surface area contributed by atoms with E-state index in [9.17, 15) is 26.4 Å². The fourth-order valence-corrected chi connectivity index (χ4v) is 4.43. The van der Waals surface area contributed by atoms with Crippen LogP contribution in [0.1, 0.15) is 16.8 Å². The van der Waals surface area contributed by atoms with E-state index in [1.165, 1.54) is 18.3 Å². The number of halogens is 3. The summed E-state index contributed by atoms with van der Waals surface area (Å²) < 4.78 is 59.5. The van der Waals surface area contributed by atoms with Gasteiger partial charge >= 0.3 is 6.18 Å². The highest BCUT2D eigenvalue weighted by molar-refractivity contribution is 7.99. The molecule has 22 heavy (non-hydrogen) atoms. The zero-order chi connectivity index (χ0) is 16.4.